The molecule has 3 aromatic rings. The zero-order chi connectivity index (χ0) is 18.1. The number of nitrogens with zero attached hydrogens (tertiary/aromatic N) is 1. The summed E-state index contributed by atoms with van der Waals surface area (Å²) in [6.07, 6.45) is 0.902. The number of ether oxygens (including phenoxy) is 2. The molecule has 0 amide bonds. The first-order chi connectivity index (χ1) is 11.9. The summed E-state index contributed by atoms with van der Waals surface area (Å²) in [5.41, 5.74) is -0.0228. The first-order valence-electron chi connectivity index (χ1n) is 7.58. The Morgan fingerprint density at radius 2 is 1.88 bits per heavy atom. The van der Waals surface area contributed by atoms with Gasteiger partial charge in [-0.1, -0.05) is 12.1 Å². The van der Waals surface area contributed by atoms with Crippen LogP contribution in [0.1, 0.15) is 11.1 Å². The predicted molar refractivity (Wildman–Crippen MR) is 92.2 cm³/mol. The van der Waals surface area contributed by atoms with E-state index in [1.807, 2.05) is 36.2 Å². The lowest BCUT2D eigenvalue weighted by Gasteiger charge is -2.14. The lowest BCUT2D eigenvalue weighted by Crippen LogP contribution is -2.31. The van der Waals surface area contributed by atoms with Crippen molar-refractivity contribution in [2.75, 3.05) is 14.2 Å². The number of aryl methyl sites for hydroxylation is 1. The van der Waals surface area contributed by atoms with Gasteiger partial charge in [0.1, 0.15) is 11.5 Å². The summed E-state index contributed by atoms with van der Waals surface area (Å²) < 4.78 is 25.5. The zero-order valence-corrected chi connectivity index (χ0v) is 14.1. The first-order valence-corrected chi connectivity index (χ1v) is 7.58. The predicted octanol–water partition coefficient (Wildman–Crippen LogP) is 2.20. The van der Waals surface area contributed by atoms with Crippen LogP contribution in [0.3, 0.4) is 0 Å². The lowest BCUT2D eigenvalue weighted by atomic mass is 10.0. The Bertz CT molecular complexity index is 1070. The molecule has 1 aromatic heterocycles. The molecule has 1 N–H and O–H groups in total. The number of rotatable bonds is 4. The van der Waals surface area contributed by atoms with E-state index in [-0.39, 0.29) is 6.54 Å². The van der Waals surface area contributed by atoms with E-state index in [4.69, 9.17) is 9.47 Å². The maximum Gasteiger partial charge on any atom is 0.328 e. The minimum Gasteiger partial charge on any atom is -0.496 e. The fraction of sp³-hybridized carbons (Fsp3) is 0.222. The van der Waals surface area contributed by atoms with Gasteiger partial charge < -0.3 is 9.47 Å². The van der Waals surface area contributed by atoms with Gasteiger partial charge in [0, 0.05) is 10.8 Å². The van der Waals surface area contributed by atoms with Crippen molar-refractivity contribution in [1.29, 1.82) is 0 Å². The van der Waals surface area contributed by atoms with Gasteiger partial charge in [0.2, 0.25) is 5.82 Å². The number of H-pyrrole nitrogens is 1. The quantitative estimate of drug-likeness (QED) is 0.787. The number of fused-ring (bicyclic) bond motifs is 1. The van der Waals surface area contributed by atoms with Crippen LogP contribution in [0.15, 0.2) is 40.1 Å². The highest BCUT2D eigenvalue weighted by atomic mass is 19.1. The van der Waals surface area contributed by atoms with Crippen LogP contribution in [-0.2, 0) is 6.54 Å². The first kappa shape index (κ1) is 16.8. The highest BCUT2D eigenvalue weighted by molar-refractivity contribution is 5.95. The smallest absolute Gasteiger partial charge is 0.328 e. The highest BCUT2D eigenvalue weighted by Gasteiger charge is 2.12. The number of nitrogens with one attached hydrogen (secondary N) is 1. The molecule has 3 rings (SSSR count). The van der Waals surface area contributed by atoms with Crippen LogP contribution >= 0.6 is 0 Å². The third-order valence-corrected chi connectivity index (χ3v) is 4.04. The Labute approximate surface area is 142 Å². The molecule has 7 heteroatoms. The van der Waals surface area contributed by atoms with Gasteiger partial charge in [-0.3, -0.25) is 14.3 Å². The van der Waals surface area contributed by atoms with Crippen LogP contribution < -0.4 is 20.7 Å². The molecule has 0 radical (unpaired) electrons. The van der Waals surface area contributed by atoms with Crippen molar-refractivity contribution in [1.82, 2.24) is 9.55 Å². The molecule has 25 heavy (non-hydrogen) atoms. The van der Waals surface area contributed by atoms with Gasteiger partial charge in [0.25, 0.3) is 5.56 Å². The Hall–Kier alpha value is -3.09. The number of hydrogen-bond donors (Lipinski definition) is 1. The van der Waals surface area contributed by atoms with Crippen LogP contribution in [0.2, 0.25) is 0 Å². The second kappa shape index (κ2) is 6.43. The molecule has 1 heterocycles. The van der Waals surface area contributed by atoms with Gasteiger partial charge in [-0.2, -0.15) is 4.39 Å². The second-order valence-electron chi connectivity index (χ2n) is 5.67. The summed E-state index contributed by atoms with van der Waals surface area (Å²) in [6, 6.07) is 7.43. The van der Waals surface area contributed by atoms with Gasteiger partial charge in [-0.25, -0.2) is 4.79 Å². The van der Waals surface area contributed by atoms with E-state index in [1.165, 1.54) is 0 Å². The molecule has 0 atom stereocenters. The summed E-state index contributed by atoms with van der Waals surface area (Å²) in [5.74, 6) is 0.417. The summed E-state index contributed by atoms with van der Waals surface area (Å²) in [4.78, 5) is 24.9. The lowest BCUT2D eigenvalue weighted by molar-refractivity contribution is 0.408. The topological polar surface area (TPSA) is 73.3 Å². The fourth-order valence-corrected chi connectivity index (χ4v) is 2.88. The molecule has 0 aliphatic heterocycles. The zero-order valence-electron chi connectivity index (χ0n) is 14.1. The van der Waals surface area contributed by atoms with Crippen LogP contribution in [0.5, 0.6) is 11.5 Å². The Morgan fingerprint density at radius 3 is 2.56 bits per heavy atom. The van der Waals surface area contributed by atoms with Crippen molar-refractivity contribution >= 4 is 10.8 Å². The molecule has 130 valence electrons. The number of hydrogen-bond acceptors (Lipinski definition) is 4. The maximum atomic E-state index is 13.4. The molecule has 0 aliphatic carbocycles. The number of benzene rings is 2. The van der Waals surface area contributed by atoms with E-state index in [0.717, 1.165) is 32.7 Å². The third-order valence-electron chi connectivity index (χ3n) is 4.04. The highest BCUT2D eigenvalue weighted by Crippen LogP contribution is 2.36. The van der Waals surface area contributed by atoms with Crippen molar-refractivity contribution in [2.24, 2.45) is 0 Å². The molecule has 6 nitrogen and oxygen atoms in total. The molecular weight excluding hydrogens is 327 g/mol. The minimum absolute atomic E-state index is 0.113. The summed E-state index contributed by atoms with van der Waals surface area (Å²) in [6.45, 7) is 2.02. The maximum absolute atomic E-state index is 13.4. The van der Waals surface area contributed by atoms with Crippen molar-refractivity contribution in [2.45, 2.75) is 13.5 Å². The van der Waals surface area contributed by atoms with E-state index >= 15 is 0 Å². The van der Waals surface area contributed by atoms with Crippen molar-refractivity contribution < 1.29 is 13.9 Å². The monoisotopic (exact) mass is 344 g/mol. The SMILES string of the molecule is COc1cc(C)c(OC)c2cc(Cn3cc(F)c(=O)[nH]c3=O)ccc12. The molecule has 0 spiro atoms. The number of aromatic amines is 1. The summed E-state index contributed by atoms with van der Waals surface area (Å²) in [7, 11) is 3.18. The Morgan fingerprint density at radius 1 is 1.12 bits per heavy atom. The molecule has 0 saturated heterocycles. The van der Waals surface area contributed by atoms with Crippen molar-refractivity contribution in [3.05, 3.63) is 68.2 Å². The third kappa shape index (κ3) is 3.00. The summed E-state index contributed by atoms with van der Waals surface area (Å²) >= 11 is 0. The van der Waals surface area contributed by atoms with Gasteiger partial charge in [-0.15, -0.1) is 0 Å². The molecule has 0 bridgehead atoms. The van der Waals surface area contributed by atoms with Crippen molar-refractivity contribution in [3.63, 3.8) is 0 Å². The van der Waals surface area contributed by atoms with Crippen molar-refractivity contribution in [3.8, 4) is 11.5 Å². The average molecular weight is 344 g/mol. The molecule has 0 aliphatic rings. The molecule has 2 aromatic carbocycles. The molecular formula is C18H17FN2O4. The number of aromatic nitrogens is 2. The van der Waals surface area contributed by atoms with Gasteiger partial charge in [0.05, 0.1) is 27.0 Å². The number of methoxy groups -OCH3 is 2. The van der Waals surface area contributed by atoms with Crippen LogP contribution in [0.4, 0.5) is 4.39 Å². The molecule has 0 saturated carbocycles. The van der Waals surface area contributed by atoms with Gasteiger partial charge in [0.15, 0.2) is 0 Å². The minimum atomic E-state index is -1.03. The second-order valence-corrected chi connectivity index (χ2v) is 5.67. The largest absolute Gasteiger partial charge is 0.496 e. The Kier molecular flexibility index (Phi) is 4.31. The van der Waals surface area contributed by atoms with Gasteiger partial charge >= 0.3 is 5.69 Å². The van der Waals surface area contributed by atoms with E-state index in [9.17, 15) is 14.0 Å². The summed E-state index contributed by atoms with van der Waals surface area (Å²) in [5, 5.41) is 1.70. The molecule has 0 fully saturated rings. The van der Waals surface area contributed by atoms with E-state index in [1.54, 1.807) is 14.2 Å². The van der Waals surface area contributed by atoms with E-state index < -0.39 is 17.1 Å². The van der Waals surface area contributed by atoms with Gasteiger partial charge in [-0.05, 0) is 30.2 Å². The van der Waals surface area contributed by atoms with Crippen LogP contribution in [0, 0.1) is 12.7 Å². The fourth-order valence-electron chi connectivity index (χ4n) is 2.88. The Balaban J connectivity index is 2.14. The van der Waals surface area contributed by atoms with Crippen LogP contribution in [0.25, 0.3) is 10.8 Å². The van der Waals surface area contributed by atoms with Crippen LogP contribution in [-0.4, -0.2) is 23.8 Å². The molecule has 0 unspecified atom stereocenters. The average Bonchev–Trinajstić information content (AvgIpc) is 2.59. The normalized spacial score (nSPS) is 10.9. The van der Waals surface area contributed by atoms with E-state index in [2.05, 4.69) is 0 Å². The standard InChI is InChI=1S/C18H17FN2O4/c1-10-6-15(24-2)12-5-4-11(7-13(12)16(10)25-3)8-21-9-14(19)17(22)20-18(21)23/h4-7,9H,8H2,1-3H3,(H,20,22,23). The number of halogens is 1. The van der Waals surface area contributed by atoms with E-state index in [0.29, 0.717) is 11.5 Å².